The molecule has 24 heavy (non-hydrogen) atoms. The SMILES string of the molecule is Cc1ccc(C(=O)c2ccc(N3CCCCC3)c([N+](=O)[O-])c2)cc1. The number of nitro benzene ring substituents is 1. The Bertz CT molecular complexity index is 763. The van der Waals surface area contributed by atoms with E-state index in [0.717, 1.165) is 37.9 Å². The molecule has 0 unspecified atom stereocenters. The molecule has 0 saturated carbocycles. The first-order valence-corrected chi connectivity index (χ1v) is 8.21. The average Bonchev–Trinajstić information content (AvgIpc) is 2.62. The van der Waals surface area contributed by atoms with Crippen LogP contribution in [0, 0.1) is 17.0 Å². The molecule has 2 aromatic carbocycles. The third-order valence-corrected chi connectivity index (χ3v) is 4.44. The lowest BCUT2D eigenvalue weighted by atomic mass is 10.0. The third-order valence-electron chi connectivity index (χ3n) is 4.44. The first-order chi connectivity index (χ1) is 11.6. The van der Waals surface area contributed by atoms with Crippen LogP contribution in [0.15, 0.2) is 42.5 Å². The van der Waals surface area contributed by atoms with Crippen LogP contribution in [0.1, 0.15) is 40.7 Å². The van der Waals surface area contributed by atoms with Crippen molar-refractivity contribution in [3.05, 3.63) is 69.3 Å². The Morgan fingerprint density at radius 1 is 1.00 bits per heavy atom. The Morgan fingerprint density at radius 2 is 1.62 bits per heavy atom. The van der Waals surface area contributed by atoms with Crippen LogP contribution in [0.2, 0.25) is 0 Å². The molecular formula is C19H20N2O3. The molecule has 0 atom stereocenters. The highest BCUT2D eigenvalue weighted by Gasteiger charge is 2.23. The molecule has 0 bridgehead atoms. The summed E-state index contributed by atoms with van der Waals surface area (Å²) in [6.45, 7) is 3.60. The van der Waals surface area contributed by atoms with Gasteiger partial charge in [-0.25, -0.2) is 0 Å². The van der Waals surface area contributed by atoms with Gasteiger partial charge < -0.3 is 4.90 Å². The van der Waals surface area contributed by atoms with Crippen LogP contribution in [0.5, 0.6) is 0 Å². The third kappa shape index (κ3) is 3.30. The molecule has 1 saturated heterocycles. The van der Waals surface area contributed by atoms with E-state index in [0.29, 0.717) is 16.8 Å². The number of rotatable bonds is 4. The Kier molecular flexibility index (Phi) is 4.60. The molecule has 2 aromatic rings. The Morgan fingerprint density at radius 3 is 2.25 bits per heavy atom. The van der Waals surface area contributed by atoms with Crippen molar-refractivity contribution in [2.24, 2.45) is 0 Å². The van der Waals surface area contributed by atoms with Crippen molar-refractivity contribution >= 4 is 17.2 Å². The number of carbonyl (C=O) groups excluding carboxylic acids is 1. The number of benzene rings is 2. The molecule has 0 radical (unpaired) electrons. The van der Waals surface area contributed by atoms with Gasteiger partial charge in [0.1, 0.15) is 5.69 Å². The predicted octanol–water partition coefficient (Wildman–Crippen LogP) is 4.12. The number of anilines is 1. The van der Waals surface area contributed by atoms with Crippen molar-refractivity contribution in [3.63, 3.8) is 0 Å². The molecule has 1 fully saturated rings. The van der Waals surface area contributed by atoms with Crippen LogP contribution in [0.4, 0.5) is 11.4 Å². The lowest BCUT2D eigenvalue weighted by Gasteiger charge is -2.28. The maximum atomic E-state index is 12.6. The first kappa shape index (κ1) is 16.2. The van der Waals surface area contributed by atoms with Crippen LogP contribution < -0.4 is 4.90 Å². The van der Waals surface area contributed by atoms with Gasteiger partial charge in [0.15, 0.2) is 5.78 Å². The summed E-state index contributed by atoms with van der Waals surface area (Å²) < 4.78 is 0. The van der Waals surface area contributed by atoms with E-state index in [1.54, 1.807) is 24.3 Å². The van der Waals surface area contributed by atoms with Gasteiger partial charge in [-0.2, -0.15) is 0 Å². The van der Waals surface area contributed by atoms with Gasteiger partial charge in [0.2, 0.25) is 0 Å². The summed E-state index contributed by atoms with van der Waals surface area (Å²) in [5.41, 5.74) is 2.58. The molecule has 124 valence electrons. The summed E-state index contributed by atoms with van der Waals surface area (Å²) in [4.78, 5) is 25.7. The van der Waals surface area contributed by atoms with Crippen molar-refractivity contribution < 1.29 is 9.72 Å². The lowest BCUT2D eigenvalue weighted by Crippen LogP contribution is -2.30. The highest BCUT2D eigenvalue weighted by atomic mass is 16.6. The molecule has 0 N–H and O–H groups in total. The monoisotopic (exact) mass is 324 g/mol. The number of aryl methyl sites for hydroxylation is 1. The minimum absolute atomic E-state index is 0.00913. The molecule has 3 rings (SSSR count). The zero-order valence-electron chi connectivity index (χ0n) is 13.7. The second kappa shape index (κ2) is 6.83. The number of piperidine rings is 1. The average molecular weight is 324 g/mol. The summed E-state index contributed by atoms with van der Waals surface area (Å²) in [6.07, 6.45) is 3.25. The maximum absolute atomic E-state index is 12.6. The van der Waals surface area contributed by atoms with Gasteiger partial charge in [-0.3, -0.25) is 14.9 Å². The minimum Gasteiger partial charge on any atom is -0.366 e. The molecule has 0 aromatic heterocycles. The largest absolute Gasteiger partial charge is 0.366 e. The fourth-order valence-electron chi connectivity index (χ4n) is 3.08. The maximum Gasteiger partial charge on any atom is 0.293 e. The molecule has 5 nitrogen and oxygen atoms in total. The van der Waals surface area contributed by atoms with E-state index < -0.39 is 4.92 Å². The van der Waals surface area contributed by atoms with Gasteiger partial charge in [0.05, 0.1) is 4.92 Å². The van der Waals surface area contributed by atoms with Crippen molar-refractivity contribution in [2.45, 2.75) is 26.2 Å². The van der Waals surface area contributed by atoms with E-state index in [1.165, 1.54) is 6.07 Å². The van der Waals surface area contributed by atoms with E-state index in [4.69, 9.17) is 0 Å². The first-order valence-electron chi connectivity index (χ1n) is 8.21. The Labute approximate surface area is 141 Å². The number of carbonyl (C=O) groups is 1. The Balaban J connectivity index is 1.95. The quantitative estimate of drug-likeness (QED) is 0.482. The fraction of sp³-hybridized carbons (Fsp3) is 0.316. The van der Waals surface area contributed by atoms with Crippen LogP contribution >= 0.6 is 0 Å². The van der Waals surface area contributed by atoms with E-state index in [2.05, 4.69) is 0 Å². The molecular weight excluding hydrogens is 304 g/mol. The smallest absolute Gasteiger partial charge is 0.293 e. The van der Waals surface area contributed by atoms with Gasteiger partial charge in [-0.05, 0) is 38.3 Å². The van der Waals surface area contributed by atoms with Gasteiger partial charge in [0, 0.05) is 30.3 Å². The van der Waals surface area contributed by atoms with Gasteiger partial charge >= 0.3 is 0 Å². The number of nitro groups is 1. The summed E-state index contributed by atoms with van der Waals surface area (Å²) in [7, 11) is 0. The number of hydrogen-bond acceptors (Lipinski definition) is 4. The highest BCUT2D eigenvalue weighted by molar-refractivity contribution is 6.09. The Hall–Kier alpha value is -2.69. The molecule has 0 aliphatic carbocycles. The second-order valence-electron chi connectivity index (χ2n) is 6.20. The van der Waals surface area contributed by atoms with Gasteiger partial charge in [-0.15, -0.1) is 0 Å². The summed E-state index contributed by atoms with van der Waals surface area (Å²) >= 11 is 0. The minimum atomic E-state index is -0.393. The van der Waals surface area contributed by atoms with Crippen molar-refractivity contribution in [3.8, 4) is 0 Å². The van der Waals surface area contributed by atoms with E-state index >= 15 is 0 Å². The molecule has 1 heterocycles. The summed E-state index contributed by atoms with van der Waals surface area (Å²) in [5, 5.41) is 11.5. The zero-order chi connectivity index (χ0) is 17.1. The predicted molar refractivity (Wildman–Crippen MR) is 93.8 cm³/mol. The van der Waals surface area contributed by atoms with Gasteiger partial charge in [0.25, 0.3) is 5.69 Å². The molecule has 0 amide bonds. The highest BCUT2D eigenvalue weighted by Crippen LogP contribution is 2.32. The molecule has 5 heteroatoms. The van der Waals surface area contributed by atoms with E-state index in [1.807, 2.05) is 24.0 Å². The summed E-state index contributed by atoms with van der Waals surface area (Å²) in [6, 6.07) is 12.0. The molecule has 0 spiro atoms. The van der Waals surface area contributed by atoms with Crippen LogP contribution in [-0.2, 0) is 0 Å². The zero-order valence-corrected chi connectivity index (χ0v) is 13.7. The number of nitrogens with zero attached hydrogens (tertiary/aromatic N) is 2. The topological polar surface area (TPSA) is 63.5 Å². The molecule has 1 aliphatic heterocycles. The van der Waals surface area contributed by atoms with Crippen LogP contribution in [0.25, 0.3) is 0 Å². The number of hydrogen-bond donors (Lipinski definition) is 0. The normalized spacial score (nSPS) is 14.5. The van der Waals surface area contributed by atoms with Crippen LogP contribution in [0.3, 0.4) is 0 Å². The standard InChI is InChI=1S/C19H20N2O3/c1-14-5-7-15(8-6-14)19(22)16-9-10-17(18(13-16)21(23)24)20-11-3-2-4-12-20/h5-10,13H,2-4,11-12H2,1H3. The summed E-state index contributed by atoms with van der Waals surface area (Å²) in [5.74, 6) is -0.191. The van der Waals surface area contributed by atoms with Crippen molar-refractivity contribution in [1.29, 1.82) is 0 Å². The van der Waals surface area contributed by atoms with E-state index in [-0.39, 0.29) is 11.5 Å². The molecule has 1 aliphatic rings. The lowest BCUT2D eigenvalue weighted by molar-refractivity contribution is -0.384. The fourth-order valence-corrected chi connectivity index (χ4v) is 3.08. The second-order valence-corrected chi connectivity index (χ2v) is 6.20. The van der Waals surface area contributed by atoms with Crippen LogP contribution in [-0.4, -0.2) is 23.8 Å². The van der Waals surface area contributed by atoms with E-state index in [9.17, 15) is 14.9 Å². The van der Waals surface area contributed by atoms with Gasteiger partial charge in [-0.1, -0.05) is 29.8 Å². The number of ketones is 1. The van der Waals surface area contributed by atoms with Crippen molar-refractivity contribution in [2.75, 3.05) is 18.0 Å². The van der Waals surface area contributed by atoms with Crippen molar-refractivity contribution in [1.82, 2.24) is 0 Å².